The van der Waals surface area contributed by atoms with Gasteiger partial charge in [0.25, 0.3) is 0 Å². The molecule has 4 nitrogen and oxygen atoms in total. The molecule has 1 aliphatic carbocycles. The Morgan fingerprint density at radius 2 is 1.87 bits per heavy atom. The van der Waals surface area contributed by atoms with Gasteiger partial charge in [0.2, 0.25) is 0 Å². The summed E-state index contributed by atoms with van der Waals surface area (Å²) in [6.45, 7) is 5.51. The van der Waals surface area contributed by atoms with E-state index in [9.17, 15) is 9.90 Å². The zero-order chi connectivity index (χ0) is 11.0. The summed E-state index contributed by atoms with van der Waals surface area (Å²) in [6, 6.07) is -0.279. The first-order valence-electron chi connectivity index (χ1n) is 5.70. The molecular weight excluding hydrogens is 194 g/mol. The van der Waals surface area contributed by atoms with Gasteiger partial charge in [0, 0.05) is 13.1 Å². The highest BCUT2D eigenvalue weighted by atomic mass is 16.5. The van der Waals surface area contributed by atoms with Crippen LogP contribution in [-0.2, 0) is 9.53 Å². The third kappa shape index (κ3) is 2.49. The summed E-state index contributed by atoms with van der Waals surface area (Å²) in [4.78, 5) is 13.3. The lowest BCUT2D eigenvalue weighted by atomic mass is 10.1. The van der Waals surface area contributed by atoms with Gasteiger partial charge in [0.05, 0.1) is 12.2 Å². The van der Waals surface area contributed by atoms with Crippen molar-refractivity contribution in [3.05, 3.63) is 0 Å². The van der Waals surface area contributed by atoms with Gasteiger partial charge in [0.15, 0.2) is 0 Å². The first kappa shape index (κ1) is 10.9. The fourth-order valence-corrected chi connectivity index (χ4v) is 2.51. The maximum absolute atomic E-state index is 11.2. The Bertz CT molecular complexity index is 242. The number of aliphatic carboxylic acids is 1. The summed E-state index contributed by atoms with van der Waals surface area (Å²) in [5.41, 5.74) is 0. The smallest absolute Gasteiger partial charge is 0.321 e. The van der Waals surface area contributed by atoms with Crippen LogP contribution in [0, 0.1) is 5.92 Å². The molecule has 0 aromatic carbocycles. The Kier molecular flexibility index (Phi) is 2.98. The van der Waals surface area contributed by atoms with E-state index < -0.39 is 5.97 Å². The minimum absolute atomic E-state index is 0.148. The Morgan fingerprint density at radius 1 is 1.33 bits per heavy atom. The van der Waals surface area contributed by atoms with Crippen LogP contribution in [-0.4, -0.2) is 47.3 Å². The molecule has 1 saturated carbocycles. The van der Waals surface area contributed by atoms with Crippen molar-refractivity contribution in [2.75, 3.05) is 13.1 Å². The molecule has 1 aliphatic heterocycles. The zero-order valence-corrected chi connectivity index (χ0v) is 9.35. The minimum atomic E-state index is -0.668. The lowest BCUT2D eigenvalue weighted by molar-refractivity contribution is -0.150. The van der Waals surface area contributed by atoms with Gasteiger partial charge in [-0.25, -0.2) is 0 Å². The molecule has 2 fully saturated rings. The van der Waals surface area contributed by atoms with Crippen molar-refractivity contribution >= 4 is 5.97 Å². The topological polar surface area (TPSA) is 49.8 Å². The molecule has 2 aliphatic rings. The normalized spacial score (nSPS) is 35.1. The standard InChI is InChI=1S/C11H19NO3/c1-7-5-12(6-8(2)15-7)10(11(13)14)9-3-4-9/h7-10H,3-6H2,1-2H3,(H,13,14). The molecule has 0 amide bonds. The second-order valence-corrected chi connectivity index (χ2v) is 4.83. The number of carboxylic acid groups (broad SMARTS) is 1. The molecule has 2 rings (SSSR count). The number of ether oxygens (including phenoxy) is 1. The van der Waals surface area contributed by atoms with Crippen LogP contribution in [0.4, 0.5) is 0 Å². The summed E-state index contributed by atoms with van der Waals surface area (Å²) in [5, 5.41) is 9.23. The van der Waals surface area contributed by atoms with Gasteiger partial charge in [-0.3, -0.25) is 9.69 Å². The third-order valence-corrected chi connectivity index (χ3v) is 3.16. The van der Waals surface area contributed by atoms with E-state index >= 15 is 0 Å². The predicted molar refractivity (Wildman–Crippen MR) is 55.7 cm³/mol. The number of carboxylic acids is 1. The monoisotopic (exact) mass is 213 g/mol. The minimum Gasteiger partial charge on any atom is -0.480 e. The number of hydrogen-bond donors (Lipinski definition) is 1. The zero-order valence-electron chi connectivity index (χ0n) is 9.35. The Balaban J connectivity index is 2.02. The van der Waals surface area contributed by atoms with E-state index in [0.29, 0.717) is 5.92 Å². The molecule has 86 valence electrons. The first-order valence-corrected chi connectivity index (χ1v) is 5.70. The lowest BCUT2D eigenvalue weighted by Gasteiger charge is -2.38. The van der Waals surface area contributed by atoms with Crippen LogP contribution in [0.2, 0.25) is 0 Å². The molecule has 0 aromatic heterocycles. The Hall–Kier alpha value is -0.610. The van der Waals surface area contributed by atoms with Crippen LogP contribution in [0.5, 0.6) is 0 Å². The number of rotatable bonds is 3. The third-order valence-electron chi connectivity index (χ3n) is 3.16. The van der Waals surface area contributed by atoms with Gasteiger partial charge < -0.3 is 9.84 Å². The number of hydrogen-bond acceptors (Lipinski definition) is 3. The summed E-state index contributed by atoms with van der Waals surface area (Å²) >= 11 is 0. The van der Waals surface area contributed by atoms with Crippen LogP contribution in [0.15, 0.2) is 0 Å². The fraction of sp³-hybridized carbons (Fsp3) is 0.909. The highest BCUT2D eigenvalue weighted by Crippen LogP contribution is 2.36. The van der Waals surface area contributed by atoms with Crippen molar-refractivity contribution in [2.45, 2.75) is 44.9 Å². The Morgan fingerprint density at radius 3 is 2.27 bits per heavy atom. The van der Waals surface area contributed by atoms with Crippen LogP contribution in [0.1, 0.15) is 26.7 Å². The first-order chi connectivity index (χ1) is 7.08. The van der Waals surface area contributed by atoms with Crippen molar-refractivity contribution in [3.8, 4) is 0 Å². The highest BCUT2D eigenvalue weighted by Gasteiger charge is 2.42. The molecule has 0 spiro atoms. The van der Waals surface area contributed by atoms with E-state index in [1.54, 1.807) is 0 Å². The van der Waals surface area contributed by atoms with E-state index in [1.807, 2.05) is 13.8 Å². The average molecular weight is 213 g/mol. The van der Waals surface area contributed by atoms with Crippen molar-refractivity contribution in [2.24, 2.45) is 5.92 Å². The lowest BCUT2D eigenvalue weighted by Crippen LogP contribution is -2.53. The molecule has 1 heterocycles. The summed E-state index contributed by atoms with van der Waals surface area (Å²) in [7, 11) is 0. The van der Waals surface area contributed by atoms with Crippen molar-refractivity contribution in [1.29, 1.82) is 0 Å². The van der Waals surface area contributed by atoms with Gasteiger partial charge in [-0.15, -0.1) is 0 Å². The van der Waals surface area contributed by atoms with Gasteiger partial charge in [-0.2, -0.15) is 0 Å². The summed E-state index contributed by atoms with van der Waals surface area (Å²) in [5.74, 6) is -0.293. The van der Waals surface area contributed by atoms with Crippen LogP contribution in [0.3, 0.4) is 0 Å². The molecule has 1 saturated heterocycles. The molecule has 15 heavy (non-hydrogen) atoms. The number of nitrogens with zero attached hydrogens (tertiary/aromatic N) is 1. The average Bonchev–Trinajstić information content (AvgIpc) is 2.85. The van der Waals surface area contributed by atoms with Crippen LogP contribution >= 0.6 is 0 Å². The van der Waals surface area contributed by atoms with E-state index in [2.05, 4.69) is 4.90 Å². The molecule has 0 radical (unpaired) electrons. The number of carbonyl (C=O) groups is 1. The second-order valence-electron chi connectivity index (χ2n) is 4.83. The van der Waals surface area contributed by atoms with E-state index in [4.69, 9.17) is 4.74 Å². The van der Waals surface area contributed by atoms with Gasteiger partial charge in [-0.05, 0) is 32.6 Å². The predicted octanol–water partition coefficient (Wildman–Crippen LogP) is 0.959. The van der Waals surface area contributed by atoms with Gasteiger partial charge in [-0.1, -0.05) is 0 Å². The molecule has 0 bridgehead atoms. The fourth-order valence-electron chi connectivity index (χ4n) is 2.51. The maximum Gasteiger partial charge on any atom is 0.321 e. The van der Waals surface area contributed by atoms with Gasteiger partial charge in [0.1, 0.15) is 6.04 Å². The van der Waals surface area contributed by atoms with E-state index in [0.717, 1.165) is 25.9 Å². The molecular formula is C11H19NO3. The summed E-state index contributed by atoms with van der Waals surface area (Å²) in [6.07, 6.45) is 2.43. The molecule has 1 N–H and O–H groups in total. The largest absolute Gasteiger partial charge is 0.480 e. The quantitative estimate of drug-likeness (QED) is 0.758. The molecule has 3 unspecified atom stereocenters. The SMILES string of the molecule is CC1CN(C(C(=O)O)C2CC2)CC(C)O1. The van der Waals surface area contributed by atoms with Crippen molar-refractivity contribution < 1.29 is 14.6 Å². The van der Waals surface area contributed by atoms with Gasteiger partial charge >= 0.3 is 5.97 Å². The molecule has 4 heteroatoms. The Labute approximate surface area is 90.2 Å². The van der Waals surface area contributed by atoms with Crippen LogP contribution in [0.25, 0.3) is 0 Å². The van der Waals surface area contributed by atoms with Crippen molar-refractivity contribution in [3.63, 3.8) is 0 Å². The highest BCUT2D eigenvalue weighted by molar-refractivity contribution is 5.74. The van der Waals surface area contributed by atoms with Crippen molar-refractivity contribution in [1.82, 2.24) is 4.90 Å². The molecule has 3 atom stereocenters. The van der Waals surface area contributed by atoms with E-state index in [1.165, 1.54) is 0 Å². The molecule has 0 aromatic rings. The van der Waals surface area contributed by atoms with E-state index in [-0.39, 0.29) is 18.2 Å². The maximum atomic E-state index is 11.2. The second kappa shape index (κ2) is 4.10. The summed E-state index contributed by atoms with van der Waals surface area (Å²) < 4.78 is 5.61. The number of morpholine rings is 1. The van der Waals surface area contributed by atoms with Crippen LogP contribution < -0.4 is 0 Å².